The molecule has 1 fully saturated rings. The van der Waals surface area contributed by atoms with Gasteiger partial charge in [-0.25, -0.2) is 4.79 Å². The second-order valence-corrected chi connectivity index (χ2v) is 8.29. The molecule has 1 aromatic heterocycles. The molecule has 1 heterocycles. The second-order valence-electron chi connectivity index (χ2n) is 7.03. The van der Waals surface area contributed by atoms with Gasteiger partial charge in [-0.15, -0.1) is 11.3 Å². The van der Waals surface area contributed by atoms with Crippen molar-refractivity contribution in [2.45, 2.75) is 52.5 Å². The third-order valence-electron chi connectivity index (χ3n) is 4.92. The van der Waals surface area contributed by atoms with Gasteiger partial charge in [0.2, 0.25) is 5.91 Å². The minimum atomic E-state index is -0.396. The quantitative estimate of drug-likeness (QED) is 0.712. The molecule has 0 aliphatic heterocycles. The van der Waals surface area contributed by atoms with E-state index in [9.17, 15) is 9.59 Å². The molecule has 2 rings (SSSR count). The van der Waals surface area contributed by atoms with E-state index in [4.69, 9.17) is 9.47 Å². The van der Waals surface area contributed by atoms with Gasteiger partial charge in [0.25, 0.3) is 0 Å². The fourth-order valence-electron chi connectivity index (χ4n) is 3.51. The molecule has 1 aliphatic carbocycles. The van der Waals surface area contributed by atoms with Crippen molar-refractivity contribution in [1.29, 1.82) is 0 Å². The summed E-state index contributed by atoms with van der Waals surface area (Å²) in [5.74, 6) is 0.399. The Kier molecular flexibility index (Phi) is 7.02. The van der Waals surface area contributed by atoms with E-state index in [-0.39, 0.29) is 17.9 Å². The molecule has 1 aromatic rings. The molecule has 1 amide bonds. The van der Waals surface area contributed by atoms with E-state index < -0.39 is 5.97 Å². The maximum Gasteiger partial charge on any atom is 0.350 e. The fraction of sp³-hybridized carbons (Fsp3) is 0.684. The first-order chi connectivity index (χ1) is 11.9. The summed E-state index contributed by atoms with van der Waals surface area (Å²) in [7, 11) is 3.00. The molecule has 5 nitrogen and oxygen atoms in total. The molecule has 0 aromatic carbocycles. The van der Waals surface area contributed by atoms with Gasteiger partial charge in [0.15, 0.2) is 0 Å². The lowest BCUT2D eigenvalue weighted by molar-refractivity contribution is -0.124. The predicted octanol–water partition coefficient (Wildman–Crippen LogP) is 4.04. The van der Waals surface area contributed by atoms with Crippen LogP contribution in [0.25, 0.3) is 0 Å². The number of ether oxygens (including phenoxy) is 2. The second kappa shape index (κ2) is 8.81. The van der Waals surface area contributed by atoms with Crippen molar-refractivity contribution < 1.29 is 19.1 Å². The summed E-state index contributed by atoms with van der Waals surface area (Å²) in [5.41, 5.74) is 0.655. The van der Waals surface area contributed by atoms with Crippen LogP contribution in [0.3, 0.4) is 0 Å². The van der Waals surface area contributed by atoms with Gasteiger partial charge in [-0.2, -0.15) is 0 Å². The minimum absolute atomic E-state index is 0.0150. The van der Waals surface area contributed by atoms with E-state index in [0.717, 1.165) is 30.6 Å². The van der Waals surface area contributed by atoms with Crippen LogP contribution in [0.1, 0.15) is 54.1 Å². The summed E-state index contributed by atoms with van der Waals surface area (Å²) in [4.78, 5) is 28.7. The molecule has 1 saturated carbocycles. The normalized spacial score (nSPS) is 21.6. The number of rotatable bonds is 6. The molecule has 1 aliphatic rings. The molecule has 1 atom stereocenters. The molecule has 25 heavy (non-hydrogen) atoms. The first-order valence-electron chi connectivity index (χ1n) is 8.89. The zero-order chi connectivity index (χ0) is 18.6. The average Bonchev–Trinajstić information content (AvgIpc) is 2.96. The summed E-state index contributed by atoms with van der Waals surface area (Å²) < 4.78 is 10.2. The number of methoxy groups -OCH3 is 2. The third-order valence-corrected chi connectivity index (χ3v) is 5.94. The van der Waals surface area contributed by atoms with E-state index in [1.165, 1.54) is 18.4 Å². The Labute approximate surface area is 154 Å². The molecule has 1 unspecified atom stereocenters. The van der Waals surface area contributed by atoms with Gasteiger partial charge in [-0.3, -0.25) is 4.79 Å². The van der Waals surface area contributed by atoms with E-state index >= 15 is 0 Å². The topological polar surface area (TPSA) is 55.8 Å². The third kappa shape index (κ3) is 4.61. The van der Waals surface area contributed by atoms with Crippen molar-refractivity contribution >= 4 is 28.9 Å². The number of hydrogen-bond acceptors (Lipinski definition) is 5. The molecule has 140 valence electrons. The van der Waals surface area contributed by atoms with E-state index in [0.29, 0.717) is 23.1 Å². The number of esters is 1. The van der Waals surface area contributed by atoms with Crippen LogP contribution in [0.2, 0.25) is 0 Å². The van der Waals surface area contributed by atoms with Gasteiger partial charge in [0.05, 0.1) is 25.4 Å². The van der Waals surface area contributed by atoms with Crippen LogP contribution in [0.15, 0.2) is 6.07 Å². The number of thiophene rings is 1. The summed E-state index contributed by atoms with van der Waals surface area (Å²) in [6.45, 7) is 6.56. The van der Waals surface area contributed by atoms with Crippen LogP contribution in [0.5, 0.6) is 0 Å². The number of anilines is 1. The number of aryl methyl sites for hydroxylation is 1. The predicted molar refractivity (Wildman–Crippen MR) is 100 cm³/mol. The van der Waals surface area contributed by atoms with Crippen molar-refractivity contribution in [3.8, 4) is 0 Å². The number of hydrogen-bond donors (Lipinski definition) is 0. The van der Waals surface area contributed by atoms with E-state index in [1.54, 1.807) is 12.0 Å². The fourth-order valence-corrected chi connectivity index (χ4v) is 4.43. The van der Waals surface area contributed by atoms with Crippen molar-refractivity contribution in [2.24, 2.45) is 11.8 Å². The maximum absolute atomic E-state index is 13.3. The van der Waals surface area contributed by atoms with Gasteiger partial charge >= 0.3 is 5.97 Å². The van der Waals surface area contributed by atoms with Crippen LogP contribution < -0.4 is 4.90 Å². The summed E-state index contributed by atoms with van der Waals surface area (Å²) >= 11 is 1.37. The Hall–Kier alpha value is -1.40. The summed E-state index contributed by atoms with van der Waals surface area (Å²) in [6.07, 6.45) is 3.98. The zero-order valence-corrected chi connectivity index (χ0v) is 16.6. The molecule has 0 spiro atoms. The average molecular weight is 368 g/mol. The first-order valence-corrected chi connectivity index (χ1v) is 9.71. The summed E-state index contributed by atoms with van der Waals surface area (Å²) in [5, 5.41) is 0. The van der Waals surface area contributed by atoms with E-state index in [1.807, 2.05) is 19.9 Å². The highest BCUT2D eigenvalue weighted by Crippen LogP contribution is 2.36. The zero-order valence-electron chi connectivity index (χ0n) is 15.8. The maximum atomic E-state index is 13.3. The highest BCUT2D eigenvalue weighted by Gasteiger charge is 2.34. The van der Waals surface area contributed by atoms with Gasteiger partial charge in [0, 0.05) is 17.9 Å². The Morgan fingerprint density at radius 3 is 2.48 bits per heavy atom. The molecule has 0 radical (unpaired) electrons. The Morgan fingerprint density at radius 1 is 1.28 bits per heavy atom. The van der Waals surface area contributed by atoms with Crippen LogP contribution in [-0.4, -0.2) is 38.7 Å². The molecular formula is C19H29NO4S. The van der Waals surface area contributed by atoms with Gasteiger partial charge in [0.1, 0.15) is 4.88 Å². The van der Waals surface area contributed by atoms with Crippen molar-refractivity contribution in [3.63, 3.8) is 0 Å². The van der Waals surface area contributed by atoms with Crippen LogP contribution in [-0.2, 0) is 14.3 Å². The lowest BCUT2D eigenvalue weighted by Gasteiger charge is -2.34. The monoisotopic (exact) mass is 367 g/mol. The van der Waals surface area contributed by atoms with Crippen molar-refractivity contribution in [3.05, 3.63) is 15.8 Å². The molecule has 0 saturated heterocycles. The minimum Gasteiger partial charge on any atom is -0.465 e. The summed E-state index contributed by atoms with van der Waals surface area (Å²) in [6, 6.07) is 1.76. The van der Waals surface area contributed by atoms with Crippen molar-refractivity contribution in [1.82, 2.24) is 0 Å². The highest BCUT2D eigenvalue weighted by molar-refractivity contribution is 7.14. The molecular weight excluding hydrogens is 338 g/mol. The van der Waals surface area contributed by atoms with E-state index in [2.05, 4.69) is 6.92 Å². The standard InChI is InChI=1S/C19H29NO4S/c1-12-6-8-15(9-7-12)18(21)20(13(2)11-23-4)16-10-14(3)25-17(16)19(22)24-5/h10,12-13,15H,6-9,11H2,1-5H3. The van der Waals surface area contributed by atoms with Gasteiger partial charge < -0.3 is 14.4 Å². The van der Waals surface area contributed by atoms with Crippen LogP contribution >= 0.6 is 11.3 Å². The molecule has 0 bridgehead atoms. The van der Waals surface area contributed by atoms with Crippen LogP contribution in [0.4, 0.5) is 5.69 Å². The van der Waals surface area contributed by atoms with Crippen molar-refractivity contribution in [2.75, 3.05) is 25.7 Å². The molecule has 0 N–H and O–H groups in total. The number of amides is 1. The lowest BCUT2D eigenvalue weighted by atomic mass is 9.82. The SMILES string of the molecule is COCC(C)N(C(=O)C1CCC(C)CC1)c1cc(C)sc1C(=O)OC. The number of nitrogens with zero attached hydrogens (tertiary/aromatic N) is 1. The first kappa shape index (κ1) is 19.9. The Bertz CT molecular complexity index is 605. The van der Waals surface area contributed by atoms with Crippen LogP contribution in [0, 0.1) is 18.8 Å². The van der Waals surface area contributed by atoms with Gasteiger partial charge in [-0.05, 0) is 51.5 Å². The largest absolute Gasteiger partial charge is 0.465 e. The Balaban J connectivity index is 2.36. The lowest BCUT2D eigenvalue weighted by Crippen LogP contribution is -2.45. The Morgan fingerprint density at radius 2 is 1.92 bits per heavy atom. The number of carbonyl (C=O) groups excluding carboxylic acids is 2. The smallest absolute Gasteiger partial charge is 0.350 e. The highest BCUT2D eigenvalue weighted by atomic mass is 32.1. The number of carbonyl (C=O) groups is 2. The van der Waals surface area contributed by atoms with Gasteiger partial charge in [-0.1, -0.05) is 6.92 Å². The molecule has 6 heteroatoms.